The fourth-order valence-corrected chi connectivity index (χ4v) is 1.48. The number of carbonyl (C=O) groups is 1. The van der Waals surface area contributed by atoms with Crippen molar-refractivity contribution in [2.45, 2.75) is 6.92 Å². The Kier molecular flexibility index (Phi) is 7.36. The molecule has 5 heteroatoms. The molecule has 0 radical (unpaired) electrons. The van der Waals surface area contributed by atoms with Crippen LogP contribution in [-0.2, 0) is 14.3 Å². The summed E-state index contributed by atoms with van der Waals surface area (Å²) in [6.45, 7) is 3.13. The molecule has 0 heterocycles. The quantitative estimate of drug-likeness (QED) is 0.598. The molecule has 0 spiro atoms. The second kappa shape index (κ2) is 9.10. The zero-order valence-electron chi connectivity index (χ0n) is 11.9. The molecule has 1 aromatic rings. The molecule has 0 aliphatic heterocycles. The Morgan fingerprint density at radius 3 is 2.90 bits per heavy atom. The van der Waals surface area contributed by atoms with Gasteiger partial charge in [-0.3, -0.25) is 4.79 Å². The SMILES string of the molecule is COCCOCC(=O)Nc1ccc(C)c(C#CCN)c1. The molecule has 0 saturated heterocycles. The van der Waals surface area contributed by atoms with Crippen LogP contribution >= 0.6 is 0 Å². The zero-order valence-corrected chi connectivity index (χ0v) is 11.9. The highest BCUT2D eigenvalue weighted by molar-refractivity contribution is 5.91. The molecule has 1 aromatic carbocycles. The van der Waals surface area contributed by atoms with Crippen LogP contribution in [0.4, 0.5) is 5.69 Å². The summed E-state index contributed by atoms with van der Waals surface area (Å²) >= 11 is 0. The lowest BCUT2D eigenvalue weighted by atomic mass is 10.1. The van der Waals surface area contributed by atoms with Crippen molar-refractivity contribution >= 4 is 11.6 Å². The van der Waals surface area contributed by atoms with E-state index in [1.54, 1.807) is 7.11 Å². The second-order valence-electron chi connectivity index (χ2n) is 4.13. The van der Waals surface area contributed by atoms with Crippen LogP contribution in [0.3, 0.4) is 0 Å². The van der Waals surface area contributed by atoms with Crippen molar-refractivity contribution in [3.63, 3.8) is 0 Å². The average molecular weight is 276 g/mol. The minimum Gasteiger partial charge on any atom is -0.382 e. The number of amides is 1. The number of nitrogens with two attached hydrogens (primary N) is 1. The molecule has 20 heavy (non-hydrogen) atoms. The molecule has 5 nitrogen and oxygen atoms in total. The molecular weight excluding hydrogens is 256 g/mol. The minimum atomic E-state index is -0.206. The van der Waals surface area contributed by atoms with E-state index in [1.807, 2.05) is 25.1 Å². The van der Waals surface area contributed by atoms with Gasteiger partial charge >= 0.3 is 0 Å². The standard InChI is InChI=1S/C15H20N2O3/c1-12-5-6-14(10-13(12)4-3-7-16)17-15(18)11-20-9-8-19-2/h5-6,10H,7-9,11,16H2,1-2H3,(H,17,18). The second-order valence-corrected chi connectivity index (χ2v) is 4.13. The van der Waals surface area contributed by atoms with E-state index in [1.165, 1.54) is 0 Å². The number of methoxy groups -OCH3 is 1. The van der Waals surface area contributed by atoms with Gasteiger partial charge in [0, 0.05) is 18.4 Å². The topological polar surface area (TPSA) is 73.6 Å². The van der Waals surface area contributed by atoms with Crippen LogP contribution in [0, 0.1) is 18.8 Å². The molecule has 0 atom stereocenters. The van der Waals surface area contributed by atoms with E-state index < -0.39 is 0 Å². The predicted octanol–water partition coefficient (Wildman–Crippen LogP) is 0.907. The molecular formula is C15H20N2O3. The summed E-state index contributed by atoms with van der Waals surface area (Å²) in [5.74, 6) is 5.57. The molecule has 3 N–H and O–H groups in total. The van der Waals surface area contributed by atoms with Gasteiger partial charge in [0.2, 0.25) is 5.91 Å². The van der Waals surface area contributed by atoms with Gasteiger partial charge in [0.05, 0.1) is 19.8 Å². The van der Waals surface area contributed by atoms with E-state index in [0.29, 0.717) is 25.4 Å². The van der Waals surface area contributed by atoms with E-state index in [0.717, 1.165) is 11.1 Å². The molecule has 0 bridgehead atoms. The van der Waals surface area contributed by atoms with Crippen molar-refractivity contribution in [1.82, 2.24) is 0 Å². The third kappa shape index (κ3) is 5.85. The van der Waals surface area contributed by atoms with Gasteiger partial charge in [0.25, 0.3) is 0 Å². The Labute approximate surface area is 119 Å². The average Bonchev–Trinajstić information content (AvgIpc) is 2.44. The first-order chi connectivity index (χ1) is 9.67. The Morgan fingerprint density at radius 2 is 2.20 bits per heavy atom. The van der Waals surface area contributed by atoms with Crippen molar-refractivity contribution in [1.29, 1.82) is 0 Å². The van der Waals surface area contributed by atoms with Crippen LogP contribution in [0.15, 0.2) is 18.2 Å². The lowest BCUT2D eigenvalue weighted by Gasteiger charge is -2.07. The first-order valence-electron chi connectivity index (χ1n) is 6.33. The molecule has 0 saturated carbocycles. The third-order valence-electron chi connectivity index (χ3n) is 2.51. The highest BCUT2D eigenvalue weighted by atomic mass is 16.5. The molecule has 0 aliphatic carbocycles. The Morgan fingerprint density at radius 1 is 1.40 bits per heavy atom. The minimum absolute atomic E-state index is 0.00104. The maximum Gasteiger partial charge on any atom is 0.250 e. The monoisotopic (exact) mass is 276 g/mol. The fourth-order valence-electron chi connectivity index (χ4n) is 1.48. The smallest absolute Gasteiger partial charge is 0.250 e. The zero-order chi connectivity index (χ0) is 14.8. The van der Waals surface area contributed by atoms with Crippen LogP contribution in [-0.4, -0.2) is 39.4 Å². The van der Waals surface area contributed by atoms with Crippen LogP contribution < -0.4 is 11.1 Å². The molecule has 1 amide bonds. The van der Waals surface area contributed by atoms with Gasteiger partial charge in [-0.1, -0.05) is 17.9 Å². The molecule has 0 unspecified atom stereocenters. The number of aryl methyl sites for hydroxylation is 1. The Hall–Kier alpha value is -1.87. The summed E-state index contributed by atoms with van der Waals surface area (Å²) in [4.78, 5) is 11.7. The lowest BCUT2D eigenvalue weighted by Crippen LogP contribution is -2.19. The van der Waals surface area contributed by atoms with Crippen molar-refractivity contribution < 1.29 is 14.3 Å². The van der Waals surface area contributed by atoms with Gasteiger partial charge in [-0.2, -0.15) is 0 Å². The summed E-state index contributed by atoms with van der Waals surface area (Å²) in [5.41, 5.74) is 7.94. The van der Waals surface area contributed by atoms with Crippen LogP contribution in [0.5, 0.6) is 0 Å². The first-order valence-corrected chi connectivity index (χ1v) is 6.33. The number of anilines is 1. The maximum atomic E-state index is 11.7. The van der Waals surface area contributed by atoms with E-state index in [4.69, 9.17) is 15.2 Å². The van der Waals surface area contributed by atoms with Crippen molar-refractivity contribution in [2.75, 3.05) is 38.8 Å². The fraction of sp³-hybridized carbons (Fsp3) is 0.400. The Bertz CT molecular complexity index is 504. The largest absolute Gasteiger partial charge is 0.382 e. The van der Waals surface area contributed by atoms with Crippen LogP contribution in [0.2, 0.25) is 0 Å². The van der Waals surface area contributed by atoms with E-state index in [2.05, 4.69) is 17.2 Å². The van der Waals surface area contributed by atoms with Gasteiger partial charge in [-0.25, -0.2) is 0 Å². The molecule has 0 aliphatic rings. The van der Waals surface area contributed by atoms with Gasteiger partial charge in [-0.05, 0) is 24.6 Å². The number of hydrogen-bond acceptors (Lipinski definition) is 4. The number of benzene rings is 1. The number of rotatable bonds is 6. The van der Waals surface area contributed by atoms with E-state index in [-0.39, 0.29) is 12.5 Å². The van der Waals surface area contributed by atoms with Crippen molar-refractivity contribution in [3.05, 3.63) is 29.3 Å². The normalized spacial score (nSPS) is 9.75. The van der Waals surface area contributed by atoms with Crippen molar-refractivity contribution in [2.24, 2.45) is 5.73 Å². The molecule has 1 rings (SSSR count). The highest BCUT2D eigenvalue weighted by Crippen LogP contribution is 2.14. The summed E-state index contributed by atoms with van der Waals surface area (Å²) in [7, 11) is 1.58. The number of carbonyl (C=O) groups excluding carboxylic acids is 1. The summed E-state index contributed by atoms with van der Waals surface area (Å²) in [6, 6.07) is 5.56. The van der Waals surface area contributed by atoms with Gasteiger partial charge in [-0.15, -0.1) is 0 Å². The van der Waals surface area contributed by atoms with Gasteiger partial charge < -0.3 is 20.5 Å². The summed E-state index contributed by atoms with van der Waals surface area (Å²) in [5, 5.41) is 2.76. The number of hydrogen-bond donors (Lipinski definition) is 2. The number of nitrogens with one attached hydrogen (secondary N) is 1. The lowest BCUT2D eigenvalue weighted by molar-refractivity contribution is -0.121. The summed E-state index contributed by atoms with van der Waals surface area (Å²) < 4.78 is 9.97. The predicted molar refractivity (Wildman–Crippen MR) is 78.4 cm³/mol. The van der Waals surface area contributed by atoms with Crippen molar-refractivity contribution in [3.8, 4) is 11.8 Å². The van der Waals surface area contributed by atoms with Crippen LogP contribution in [0.1, 0.15) is 11.1 Å². The summed E-state index contributed by atoms with van der Waals surface area (Å²) in [6.07, 6.45) is 0. The third-order valence-corrected chi connectivity index (χ3v) is 2.51. The number of ether oxygens (including phenoxy) is 2. The van der Waals surface area contributed by atoms with Gasteiger partial charge in [0.15, 0.2) is 0 Å². The van der Waals surface area contributed by atoms with E-state index >= 15 is 0 Å². The van der Waals surface area contributed by atoms with Gasteiger partial charge in [0.1, 0.15) is 6.61 Å². The molecule has 0 aromatic heterocycles. The highest BCUT2D eigenvalue weighted by Gasteiger charge is 2.04. The van der Waals surface area contributed by atoms with Crippen LogP contribution in [0.25, 0.3) is 0 Å². The van der Waals surface area contributed by atoms with E-state index in [9.17, 15) is 4.79 Å². The molecule has 108 valence electrons. The molecule has 0 fully saturated rings. The first kappa shape index (κ1) is 16.2. The maximum absolute atomic E-state index is 11.7. The Balaban J connectivity index is 2.57.